The van der Waals surface area contributed by atoms with Gasteiger partial charge < -0.3 is 9.47 Å². The lowest BCUT2D eigenvalue weighted by Crippen LogP contribution is -2.09. The molecule has 0 saturated heterocycles. The number of nitrogens with one attached hydrogen (secondary N) is 1. The van der Waals surface area contributed by atoms with Crippen LogP contribution in [0.1, 0.15) is 23.2 Å². The van der Waals surface area contributed by atoms with Crippen molar-refractivity contribution in [2.24, 2.45) is 0 Å². The summed E-state index contributed by atoms with van der Waals surface area (Å²) in [5.41, 5.74) is 5.49. The van der Waals surface area contributed by atoms with Gasteiger partial charge in [-0.25, -0.2) is 13.4 Å². The molecule has 4 aromatic rings. The van der Waals surface area contributed by atoms with Gasteiger partial charge in [0.1, 0.15) is 22.2 Å². The third-order valence-corrected chi connectivity index (χ3v) is 7.84. The van der Waals surface area contributed by atoms with Gasteiger partial charge in [0.2, 0.25) is 5.88 Å². The normalized spacial score (nSPS) is 11.5. The number of nitrogens with zero attached hydrogens (tertiary/aromatic N) is 1. The number of aromatic amines is 1. The number of aromatic nitrogens is 2. The molecule has 0 aliphatic rings. The van der Waals surface area contributed by atoms with Crippen LogP contribution in [0.4, 0.5) is 0 Å². The molecule has 0 unspecified atom stereocenters. The zero-order valence-electron chi connectivity index (χ0n) is 20.7. The molecule has 0 aliphatic carbocycles. The Labute approximate surface area is 225 Å². The predicted molar refractivity (Wildman–Crippen MR) is 149 cm³/mol. The second-order valence-corrected chi connectivity index (χ2v) is 12.3. The minimum atomic E-state index is -3.01. The first-order chi connectivity index (χ1) is 17.6. The number of hydrogen-bond donors (Lipinski definition) is 1. The lowest BCUT2D eigenvalue weighted by Gasteiger charge is -2.14. The van der Waals surface area contributed by atoms with Gasteiger partial charge in [-0.3, -0.25) is 9.17 Å². The van der Waals surface area contributed by atoms with E-state index in [1.165, 1.54) is 23.9 Å². The minimum absolute atomic E-state index is 0.0872. The minimum Gasteiger partial charge on any atom is -0.489 e. The van der Waals surface area contributed by atoms with E-state index in [1.54, 1.807) is 6.07 Å². The van der Waals surface area contributed by atoms with Crippen molar-refractivity contribution in [1.82, 2.24) is 9.36 Å². The van der Waals surface area contributed by atoms with Crippen LogP contribution in [-0.2, 0) is 16.4 Å². The van der Waals surface area contributed by atoms with E-state index in [2.05, 4.69) is 15.4 Å². The van der Waals surface area contributed by atoms with E-state index in [-0.39, 0.29) is 11.3 Å². The summed E-state index contributed by atoms with van der Waals surface area (Å²) < 4.78 is 36.9. The second kappa shape index (κ2) is 11.5. The Hall–Kier alpha value is -3.14. The van der Waals surface area contributed by atoms with Crippen molar-refractivity contribution in [1.29, 1.82) is 0 Å². The molecule has 10 heteroatoms. The van der Waals surface area contributed by atoms with Gasteiger partial charge in [0.15, 0.2) is 0 Å². The SMILES string of the molecule is Cc1cc(OCCCS(C)(=O)=O)nc(C)c1-c1cccc(COc2ccc(-c3cc(=O)[nH]s3)c(Cl)c2)c1. The summed E-state index contributed by atoms with van der Waals surface area (Å²) in [5.74, 6) is 1.21. The maximum absolute atomic E-state index is 11.4. The number of hydrogen-bond acceptors (Lipinski definition) is 7. The first kappa shape index (κ1) is 26.9. The molecule has 37 heavy (non-hydrogen) atoms. The summed E-state index contributed by atoms with van der Waals surface area (Å²) in [7, 11) is -3.01. The van der Waals surface area contributed by atoms with Crippen molar-refractivity contribution in [2.75, 3.05) is 18.6 Å². The molecule has 7 nitrogen and oxygen atoms in total. The Morgan fingerprint density at radius 1 is 1.05 bits per heavy atom. The van der Waals surface area contributed by atoms with Gasteiger partial charge in [0, 0.05) is 35.2 Å². The zero-order chi connectivity index (χ0) is 26.6. The van der Waals surface area contributed by atoms with Gasteiger partial charge in [-0.1, -0.05) is 41.3 Å². The standard InChI is InChI=1S/C27H27ClN2O5S2/c1-17-12-26(34-10-5-11-37(3,32)33)29-18(2)27(17)20-7-4-6-19(13-20)16-35-21-8-9-22(23(28)14-21)24-15-25(31)30-36-24/h4,6-9,12-15H,5,10-11,16H2,1-3H3,(H,30,31). The van der Waals surface area contributed by atoms with Crippen LogP contribution in [0.3, 0.4) is 0 Å². The van der Waals surface area contributed by atoms with E-state index in [0.29, 0.717) is 36.3 Å². The Balaban J connectivity index is 1.44. The van der Waals surface area contributed by atoms with Crippen LogP contribution in [0.5, 0.6) is 11.6 Å². The Kier molecular flexibility index (Phi) is 8.36. The molecule has 0 atom stereocenters. The van der Waals surface area contributed by atoms with E-state index in [4.69, 9.17) is 21.1 Å². The summed E-state index contributed by atoms with van der Waals surface area (Å²) in [5, 5.41) is 0.512. The molecule has 0 spiro atoms. The molecule has 0 radical (unpaired) electrons. The third kappa shape index (κ3) is 7.21. The third-order valence-electron chi connectivity index (χ3n) is 5.63. The summed E-state index contributed by atoms with van der Waals surface area (Å²) in [6, 6.07) is 16.9. The molecule has 0 aliphatic heterocycles. The average Bonchev–Trinajstić information content (AvgIpc) is 3.26. The molecule has 0 bridgehead atoms. The van der Waals surface area contributed by atoms with E-state index >= 15 is 0 Å². The van der Waals surface area contributed by atoms with E-state index in [1.807, 2.05) is 50.2 Å². The van der Waals surface area contributed by atoms with Crippen molar-refractivity contribution in [3.8, 4) is 33.2 Å². The van der Waals surface area contributed by atoms with Gasteiger partial charge in [-0.05, 0) is 61.2 Å². The summed E-state index contributed by atoms with van der Waals surface area (Å²) >= 11 is 7.68. The second-order valence-electron chi connectivity index (χ2n) is 8.78. The molecule has 0 fully saturated rings. The molecule has 2 heterocycles. The molecule has 2 aromatic carbocycles. The lowest BCUT2D eigenvalue weighted by molar-refractivity contribution is 0.305. The van der Waals surface area contributed by atoms with Gasteiger partial charge in [-0.2, -0.15) is 0 Å². The molecule has 2 aromatic heterocycles. The number of aryl methyl sites for hydroxylation is 2. The Morgan fingerprint density at radius 2 is 1.86 bits per heavy atom. The molecule has 0 saturated carbocycles. The maximum atomic E-state index is 11.4. The lowest BCUT2D eigenvalue weighted by atomic mass is 9.98. The monoisotopic (exact) mass is 558 g/mol. The number of sulfone groups is 1. The number of pyridine rings is 1. The Bertz CT molecular complexity index is 1550. The number of ether oxygens (including phenoxy) is 2. The van der Waals surface area contributed by atoms with E-state index in [0.717, 1.165) is 38.4 Å². The van der Waals surface area contributed by atoms with E-state index < -0.39 is 9.84 Å². The fourth-order valence-electron chi connectivity index (χ4n) is 3.99. The summed E-state index contributed by atoms with van der Waals surface area (Å²) in [4.78, 5) is 16.8. The van der Waals surface area contributed by atoms with Crippen molar-refractivity contribution in [2.45, 2.75) is 26.9 Å². The van der Waals surface area contributed by atoms with Crippen LogP contribution in [0.2, 0.25) is 5.02 Å². The number of benzene rings is 2. The van der Waals surface area contributed by atoms with Crippen LogP contribution < -0.4 is 15.0 Å². The number of rotatable bonds is 10. The molecule has 4 rings (SSSR count). The highest BCUT2D eigenvalue weighted by Crippen LogP contribution is 2.33. The highest BCUT2D eigenvalue weighted by molar-refractivity contribution is 7.90. The number of halogens is 1. The summed E-state index contributed by atoms with van der Waals surface area (Å²) in [6.45, 7) is 4.58. The summed E-state index contributed by atoms with van der Waals surface area (Å²) in [6.07, 6.45) is 1.64. The fourth-order valence-corrected chi connectivity index (χ4v) is 5.68. The molecule has 194 valence electrons. The van der Waals surface area contributed by atoms with Crippen molar-refractivity contribution < 1.29 is 17.9 Å². The average molecular weight is 559 g/mol. The quantitative estimate of drug-likeness (QED) is 0.246. The number of H-pyrrole nitrogens is 1. The van der Waals surface area contributed by atoms with Crippen LogP contribution in [0, 0.1) is 13.8 Å². The largest absolute Gasteiger partial charge is 0.489 e. The molecule has 0 amide bonds. The van der Waals surface area contributed by atoms with Crippen molar-refractivity contribution >= 4 is 33.0 Å². The Morgan fingerprint density at radius 3 is 2.54 bits per heavy atom. The van der Waals surface area contributed by atoms with E-state index in [9.17, 15) is 13.2 Å². The van der Waals surface area contributed by atoms with Gasteiger partial charge in [-0.15, -0.1) is 0 Å². The first-order valence-corrected chi connectivity index (χ1v) is 14.8. The van der Waals surface area contributed by atoms with Crippen molar-refractivity contribution in [3.05, 3.63) is 86.8 Å². The van der Waals surface area contributed by atoms with Gasteiger partial charge >= 0.3 is 0 Å². The highest BCUT2D eigenvalue weighted by atomic mass is 35.5. The molecular formula is C27H27ClN2O5S2. The zero-order valence-corrected chi connectivity index (χ0v) is 23.1. The van der Waals surface area contributed by atoms with Crippen LogP contribution in [0.25, 0.3) is 21.6 Å². The van der Waals surface area contributed by atoms with Crippen molar-refractivity contribution in [3.63, 3.8) is 0 Å². The first-order valence-electron chi connectivity index (χ1n) is 11.6. The van der Waals surface area contributed by atoms with Crippen LogP contribution in [0.15, 0.2) is 59.4 Å². The smallest absolute Gasteiger partial charge is 0.258 e. The molecule has 1 N–H and O–H groups in total. The molecular weight excluding hydrogens is 532 g/mol. The maximum Gasteiger partial charge on any atom is 0.258 e. The van der Waals surface area contributed by atoms with Crippen LogP contribution >= 0.6 is 23.1 Å². The van der Waals surface area contributed by atoms with Gasteiger partial charge in [0.25, 0.3) is 5.56 Å². The van der Waals surface area contributed by atoms with Gasteiger partial charge in [0.05, 0.1) is 22.3 Å². The highest BCUT2D eigenvalue weighted by Gasteiger charge is 2.12. The fraction of sp³-hybridized carbons (Fsp3) is 0.259. The topological polar surface area (TPSA) is 98.3 Å². The van der Waals surface area contributed by atoms with Crippen LogP contribution in [-0.4, -0.2) is 36.4 Å². The predicted octanol–water partition coefficient (Wildman–Crippen LogP) is 5.83.